The van der Waals surface area contributed by atoms with Crippen LogP contribution >= 0.6 is 11.8 Å². The molecule has 1 atom stereocenters. The van der Waals surface area contributed by atoms with E-state index in [2.05, 4.69) is 0 Å². The Morgan fingerprint density at radius 1 is 1.78 bits per heavy atom. The Hall–Kier alpha value is -0.420. The van der Waals surface area contributed by atoms with Gasteiger partial charge in [-0.05, 0) is 0 Å². The van der Waals surface area contributed by atoms with Crippen LogP contribution < -0.4 is 0 Å². The van der Waals surface area contributed by atoms with Crippen LogP contribution in [0.15, 0.2) is 0 Å². The van der Waals surface area contributed by atoms with Crippen LogP contribution in [0.4, 0.5) is 4.79 Å². The van der Waals surface area contributed by atoms with E-state index in [0.717, 1.165) is 4.90 Å². The summed E-state index contributed by atoms with van der Waals surface area (Å²) >= 11 is 1.23. The van der Waals surface area contributed by atoms with Gasteiger partial charge in [0.25, 0.3) is 0 Å². The van der Waals surface area contributed by atoms with Crippen LogP contribution in [-0.2, 0) is 0 Å². The van der Waals surface area contributed by atoms with Crippen molar-refractivity contribution in [1.29, 1.82) is 0 Å². The standard InChI is InChI=1S/C4H7NO3S/c6-3(7)5-1-2-9-4(5)8/h4,8H,1-2H2,(H,6,7). The van der Waals surface area contributed by atoms with Gasteiger partial charge in [0.1, 0.15) is 0 Å². The molecule has 1 amide bonds. The SMILES string of the molecule is O=C(O)N1CCSC1O. The van der Waals surface area contributed by atoms with E-state index >= 15 is 0 Å². The molecule has 4 nitrogen and oxygen atoms in total. The Kier molecular flexibility index (Phi) is 1.82. The Bertz CT molecular complexity index is 129. The fraction of sp³-hybridized carbons (Fsp3) is 0.750. The van der Waals surface area contributed by atoms with Gasteiger partial charge in [0.05, 0.1) is 0 Å². The molecule has 1 heterocycles. The van der Waals surface area contributed by atoms with Crippen molar-refractivity contribution in [2.75, 3.05) is 12.3 Å². The minimum Gasteiger partial charge on any atom is -0.465 e. The highest BCUT2D eigenvalue weighted by Gasteiger charge is 2.26. The van der Waals surface area contributed by atoms with Crippen LogP contribution in [0.3, 0.4) is 0 Å². The van der Waals surface area contributed by atoms with E-state index in [4.69, 9.17) is 10.2 Å². The summed E-state index contributed by atoms with van der Waals surface area (Å²) in [7, 11) is 0. The molecule has 0 radical (unpaired) electrons. The molecule has 1 aliphatic rings. The second kappa shape index (κ2) is 2.45. The summed E-state index contributed by atoms with van der Waals surface area (Å²) in [5, 5.41) is 17.2. The highest BCUT2D eigenvalue weighted by atomic mass is 32.2. The lowest BCUT2D eigenvalue weighted by Crippen LogP contribution is -2.32. The maximum absolute atomic E-state index is 10.2. The monoisotopic (exact) mass is 149 g/mol. The van der Waals surface area contributed by atoms with Gasteiger partial charge >= 0.3 is 6.09 Å². The maximum atomic E-state index is 10.2. The predicted molar refractivity (Wildman–Crippen MR) is 33.2 cm³/mol. The third-order valence-electron chi connectivity index (χ3n) is 1.11. The molecular formula is C4H7NO3S. The van der Waals surface area contributed by atoms with Crippen molar-refractivity contribution in [2.45, 2.75) is 5.56 Å². The summed E-state index contributed by atoms with van der Waals surface area (Å²) in [5.74, 6) is 0.688. The summed E-state index contributed by atoms with van der Waals surface area (Å²) in [6.45, 7) is 0.432. The van der Waals surface area contributed by atoms with Gasteiger partial charge in [-0.2, -0.15) is 0 Å². The van der Waals surface area contributed by atoms with Crippen molar-refractivity contribution in [3.05, 3.63) is 0 Å². The summed E-state index contributed by atoms with van der Waals surface area (Å²) in [6, 6.07) is 0. The zero-order valence-electron chi connectivity index (χ0n) is 4.65. The lowest BCUT2D eigenvalue weighted by molar-refractivity contribution is 0.0800. The topological polar surface area (TPSA) is 60.8 Å². The van der Waals surface area contributed by atoms with Crippen molar-refractivity contribution >= 4 is 17.9 Å². The number of amides is 1. The molecule has 0 bridgehead atoms. The molecular weight excluding hydrogens is 142 g/mol. The third kappa shape index (κ3) is 1.28. The van der Waals surface area contributed by atoms with Gasteiger partial charge < -0.3 is 10.2 Å². The summed E-state index contributed by atoms with van der Waals surface area (Å²) < 4.78 is 0. The third-order valence-corrected chi connectivity index (χ3v) is 2.08. The van der Waals surface area contributed by atoms with Gasteiger partial charge in [0.15, 0.2) is 5.56 Å². The number of carbonyl (C=O) groups is 1. The fourth-order valence-corrected chi connectivity index (χ4v) is 1.54. The normalized spacial score (nSPS) is 26.8. The largest absolute Gasteiger partial charge is 0.465 e. The second-order valence-corrected chi connectivity index (χ2v) is 2.84. The Balaban J connectivity index is 2.49. The van der Waals surface area contributed by atoms with Crippen LogP contribution in [0.1, 0.15) is 0 Å². The van der Waals surface area contributed by atoms with E-state index in [1.165, 1.54) is 11.8 Å². The van der Waals surface area contributed by atoms with E-state index < -0.39 is 11.7 Å². The molecule has 0 aromatic heterocycles. The molecule has 0 aromatic carbocycles. The molecule has 5 heteroatoms. The molecule has 52 valence electrons. The number of aliphatic hydroxyl groups is 1. The first-order chi connectivity index (χ1) is 4.22. The van der Waals surface area contributed by atoms with Gasteiger partial charge in [-0.25, -0.2) is 4.79 Å². The molecule has 1 rings (SSSR count). The number of aliphatic hydroxyl groups excluding tert-OH is 1. The lowest BCUT2D eigenvalue weighted by atomic mass is 10.6. The zero-order chi connectivity index (χ0) is 6.85. The predicted octanol–water partition coefficient (Wildman–Crippen LogP) is -0.0109. The molecule has 2 N–H and O–H groups in total. The van der Waals surface area contributed by atoms with Gasteiger partial charge in [-0.1, -0.05) is 0 Å². The number of hydrogen-bond acceptors (Lipinski definition) is 3. The van der Waals surface area contributed by atoms with E-state index in [1.54, 1.807) is 0 Å². The molecule has 9 heavy (non-hydrogen) atoms. The summed E-state index contributed by atoms with van der Waals surface area (Å²) in [5.41, 5.74) is -0.845. The number of nitrogens with zero attached hydrogens (tertiary/aromatic N) is 1. The van der Waals surface area contributed by atoms with Gasteiger partial charge in [-0.15, -0.1) is 11.8 Å². The van der Waals surface area contributed by atoms with Crippen LogP contribution in [0.2, 0.25) is 0 Å². The smallest absolute Gasteiger partial charge is 0.410 e. The lowest BCUT2D eigenvalue weighted by Gasteiger charge is -2.13. The minimum atomic E-state index is -1.05. The maximum Gasteiger partial charge on any atom is 0.410 e. The average Bonchev–Trinajstić information content (AvgIpc) is 2.13. The summed E-state index contributed by atoms with van der Waals surface area (Å²) in [4.78, 5) is 11.2. The van der Waals surface area contributed by atoms with Crippen molar-refractivity contribution in [1.82, 2.24) is 4.90 Å². The Morgan fingerprint density at radius 2 is 2.44 bits per heavy atom. The first-order valence-corrected chi connectivity index (χ1v) is 3.56. The van der Waals surface area contributed by atoms with Gasteiger partial charge in [0.2, 0.25) is 0 Å². The first-order valence-electron chi connectivity index (χ1n) is 2.51. The van der Waals surface area contributed by atoms with Crippen LogP contribution in [-0.4, -0.2) is 39.1 Å². The molecule has 0 spiro atoms. The van der Waals surface area contributed by atoms with E-state index in [0.29, 0.717) is 12.3 Å². The van der Waals surface area contributed by atoms with Gasteiger partial charge in [-0.3, -0.25) is 4.90 Å². The Morgan fingerprint density at radius 3 is 2.67 bits per heavy atom. The molecule has 1 saturated heterocycles. The van der Waals surface area contributed by atoms with Crippen molar-refractivity contribution in [2.24, 2.45) is 0 Å². The van der Waals surface area contributed by atoms with Crippen molar-refractivity contribution in [3.8, 4) is 0 Å². The van der Waals surface area contributed by atoms with Crippen LogP contribution in [0, 0.1) is 0 Å². The average molecular weight is 149 g/mol. The molecule has 1 aliphatic heterocycles. The van der Waals surface area contributed by atoms with Crippen LogP contribution in [0.5, 0.6) is 0 Å². The van der Waals surface area contributed by atoms with E-state index in [1.807, 2.05) is 0 Å². The first kappa shape index (κ1) is 6.70. The van der Waals surface area contributed by atoms with Crippen molar-refractivity contribution < 1.29 is 15.0 Å². The molecule has 1 unspecified atom stereocenters. The number of thioether (sulfide) groups is 1. The fourth-order valence-electron chi connectivity index (χ4n) is 0.647. The Labute approximate surface area is 56.5 Å². The van der Waals surface area contributed by atoms with Gasteiger partial charge in [0, 0.05) is 12.3 Å². The van der Waals surface area contributed by atoms with Crippen molar-refractivity contribution in [3.63, 3.8) is 0 Å². The number of hydrogen-bond donors (Lipinski definition) is 2. The second-order valence-electron chi connectivity index (χ2n) is 1.67. The molecule has 1 fully saturated rings. The quantitative estimate of drug-likeness (QED) is 0.508. The zero-order valence-corrected chi connectivity index (χ0v) is 5.47. The highest BCUT2D eigenvalue weighted by Crippen LogP contribution is 2.20. The molecule has 0 aromatic rings. The molecule has 0 aliphatic carbocycles. The van der Waals surface area contributed by atoms with E-state index in [9.17, 15) is 4.79 Å². The number of carboxylic acid groups (broad SMARTS) is 1. The highest BCUT2D eigenvalue weighted by molar-refractivity contribution is 7.99. The number of rotatable bonds is 0. The summed E-state index contributed by atoms with van der Waals surface area (Å²) in [6.07, 6.45) is -1.05. The van der Waals surface area contributed by atoms with E-state index in [-0.39, 0.29) is 0 Å². The minimum absolute atomic E-state index is 0.432. The molecule has 0 saturated carbocycles. The van der Waals surface area contributed by atoms with Crippen LogP contribution in [0.25, 0.3) is 0 Å².